The Bertz CT molecular complexity index is 603. The summed E-state index contributed by atoms with van der Waals surface area (Å²) >= 11 is 0. The first-order valence-corrected chi connectivity index (χ1v) is 6.09. The molecule has 0 unspecified atom stereocenters. The second-order valence-electron chi connectivity index (χ2n) is 4.23. The van der Waals surface area contributed by atoms with Crippen molar-refractivity contribution < 1.29 is 13.6 Å². The predicted molar refractivity (Wildman–Crippen MR) is 73.7 cm³/mol. The average Bonchev–Trinajstić information content (AvgIpc) is 2.46. The molecule has 4 heteroatoms. The summed E-state index contributed by atoms with van der Waals surface area (Å²) < 4.78 is 25.4. The van der Waals surface area contributed by atoms with Crippen LogP contribution in [-0.2, 0) is 11.3 Å². The number of benzene rings is 2. The minimum atomic E-state index is -0.317. The third kappa shape index (κ3) is 4.31. The first kappa shape index (κ1) is 13.9. The molecule has 0 aliphatic heterocycles. The Morgan fingerprint density at radius 3 is 2.10 bits per heavy atom. The molecule has 2 rings (SSSR count). The summed E-state index contributed by atoms with van der Waals surface area (Å²) in [5.74, 6) is -0.891. The highest BCUT2D eigenvalue weighted by atomic mass is 19.1. The largest absolute Gasteiger partial charge is 0.348 e. The minimum absolute atomic E-state index is 0.265. The number of halogens is 2. The van der Waals surface area contributed by atoms with Crippen LogP contribution in [0.1, 0.15) is 11.1 Å². The molecular weight excluding hydrogens is 260 g/mol. The molecule has 2 aromatic carbocycles. The van der Waals surface area contributed by atoms with Gasteiger partial charge >= 0.3 is 0 Å². The minimum Gasteiger partial charge on any atom is -0.348 e. The van der Waals surface area contributed by atoms with E-state index < -0.39 is 0 Å². The molecule has 0 aliphatic rings. The van der Waals surface area contributed by atoms with E-state index >= 15 is 0 Å². The van der Waals surface area contributed by atoms with Crippen molar-refractivity contribution in [2.45, 2.75) is 6.54 Å². The zero-order chi connectivity index (χ0) is 14.4. The van der Waals surface area contributed by atoms with Gasteiger partial charge in [0.05, 0.1) is 0 Å². The number of rotatable bonds is 4. The highest BCUT2D eigenvalue weighted by molar-refractivity contribution is 5.91. The molecule has 2 aromatic rings. The maximum Gasteiger partial charge on any atom is 0.244 e. The van der Waals surface area contributed by atoms with E-state index in [2.05, 4.69) is 5.32 Å². The van der Waals surface area contributed by atoms with Crippen molar-refractivity contribution in [1.82, 2.24) is 5.32 Å². The Balaban J connectivity index is 1.86. The van der Waals surface area contributed by atoms with Gasteiger partial charge in [-0.1, -0.05) is 24.3 Å². The molecule has 1 amide bonds. The zero-order valence-electron chi connectivity index (χ0n) is 10.6. The van der Waals surface area contributed by atoms with Crippen molar-refractivity contribution in [3.8, 4) is 0 Å². The fraction of sp³-hybridized carbons (Fsp3) is 0.0625. The van der Waals surface area contributed by atoms with Gasteiger partial charge in [0.15, 0.2) is 0 Å². The van der Waals surface area contributed by atoms with Crippen LogP contribution < -0.4 is 5.32 Å². The normalized spacial score (nSPS) is 10.7. The van der Waals surface area contributed by atoms with Crippen molar-refractivity contribution in [2.24, 2.45) is 0 Å². The number of carbonyl (C=O) groups is 1. The van der Waals surface area contributed by atoms with E-state index in [4.69, 9.17) is 0 Å². The standard InChI is InChI=1S/C16H13F2NO/c17-14-6-1-12(2-7-14)5-10-16(20)19-11-13-3-8-15(18)9-4-13/h1-10H,11H2,(H,19,20). The quantitative estimate of drug-likeness (QED) is 0.851. The van der Waals surface area contributed by atoms with Crippen molar-refractivity contribution in [3.05, 3.63) is 77.4 Å². The molecule has 1 N–H and O–H groups in total. The average molecular weight is 273 g/mol. The number of amides is 1. The van der Waals surface area contributed by atoms with Crippen molar-refractivity contribution in [2.75, 3.05) is 0 Å². The molecule has 0 saturated heterocycles. The number of nitrogens with one attached hydrogen (secondary N) is 1. The highest BCUT2D eigenvalue weighted by Crippen LogP contribution is 2.05. The Morgan fingerprint density at radius 2 is 1.50 bits per heavy atom. The molecule has 0 radical (unpaired) electrons. The van der Waals surface area contributed by atoms with Gasteiger partial charge in [-0.15, -0.1) is 0 Å². The lowest BCUT2D eigenvalue weighted by molar-refractivity contribution is -0.116. The Kier molecular flexibility index (Phi) is 4.60. The van der Waals surface area contributed by atoms with Gasteiger partial charge in [0.1, 0.15) is 11.6 Å². The van der Waals surface area contributed by atoms with Gasteiger partial charge in [-0.2, -0.15) is 0 Å². The lowest BCUT2D eigenvalue weighted by Crippen LogP contribution is -2.20. The fourth-order valence-corrected chi connectivity index (χ4v) is 1.60. The molecule has 0 aliphatic carbocycles. The molecule has 0 aromatic heterocycles. The smallest absolute Gasteiger partial charge is 0.244 e. The molecule has 0 fully saturated rings. The van der Waals surface area contributed by atoms with Crippen LogP contribution in [0.25, 0.3) is 6.08 Å². The fourth-order valence-electron chi connectivity index (χ4n) is 1.60. The SMILES string of the molecule is O=C(C=Cc1ccc(F)cc1)NCc1ccc(F)cc1. The van der Waals surface area contributed by atoms with E-state index in [1.807, 2.05) is 0 Å². The van der Waals surface area contributed by atoms with Gasteiger partial charge in [-0.3, -0.25) is 4.79 Å². The summed E-state index contributed by atoms with van der Waals surface area (Å²) in [7, 11) is 0. The molecule has 0 atom stereocenters. The van der Waals surface area contributed by atoms with Crippen LogP contribution in [0.3, 0.4) is 0 Å². The second kappa shape index (κ2) is 6.61. The third-order valence-corrected chi connectivity index (χ3v) is 2.68. The molecular formula is C16H13F2NO. The Morgan fingerprint density at radius 1 is 0.950 bits per heavy atom. The zero-order valence-corrected chi connectivity index (χ0v) is 10.6. The van der Waals surface area contributed by atoms with Crippen molar-refractivity contribution >= 4 is 12.0 Å². The Hall–Kier alpha value is -2.49. The maximum absolute atomic E-state index is 12.7. The molecule has 20 heavy (non-hydrogen) atoms. The van der Waals surface area contributed by atoms with Gasteiger partial charge in [0.25, 0.3) is 0 Å². The van der Waals surface area contributed by atoms with Crippen molar-refractivity contribution in [3.63, 3.8) is 0 Å². The number of hydrogen-bond acceptors (Lipinski definition) is 1. The predicted octanol–water partition coefficient (Wildman–Crippen LogP) is 3.29. The van der Waals surface area contributed by atoms with E-state index in [0.29, 0.717) is 6.54 Å². The van der Waals surface area contributed by atoms with Crippen LogP contribution in [0.4, 0.5) is 8.78 Å². The summed E-state index contributed by atoms with van der Waals surface area (Å²) in [6.07, 6.45) is 2.97. The summed E-state index contributed by atoms with van der Waals surface area (Å²) in [5, 5.41) is 2.68. The number of carbonyl (C=O) groups excluding carboxylic acids is 1. The van der Waals surface area contributed by atoms with Crippen LogP contribution in [0.5, 0.6) is 0 Å². The number of hydrogen-bond donors (Lipinski definition) is 1. The lowest BCUT2D eigenvalue weighted by atomic mass is 10.2. The summed E-state index contributed by atoms with van der Waals surface area (Å²) in [6, 6.07) is 11.7. The summed E-state index contributed by atoms with van der Waals surface area (Å²) in [6.45, 7) is 0.326. The van der Waals surface area contributed by atoms with Crippen LogP contribution in [0.15, 0.2) is 54.6 Å². The first-order valence-electron chi connectivity index (χ1n) is 6.09. The van der Waals surface area contributed by atoms with Crippen LogP contribution in [0, 0.1) is 11.6 Å². The molecule has 2 nitrogen and oxygen atoms in total. The summed E-state index contributed by atoms with van der Waals surface area (Å²) in [5.41, 5.74) is 1.55. The monoisotopic (exact) mass is 273 g/mol. The second-order valence-corrected chi connectivity index (χ2v) is 4.23. The summed E-state index contributed by atoms with van der Waals surface area (Å²) in [4.78, 5) is 11.6. The van der Waals surface area contributed by atoms with E-state index in [9.17, 15) is 13.6 Å². The van der Waals surface area contributed by atoms with Crippen molar-refractivity contribution in [1.29, 1.82) is 0 Å². The molecule has 0 spiro atoms. The van der Waals surface area contributed by atoms with Gasteiger partial charge in [0.2, 0.25) is 5.91 Å². The first-order chi connectivity index (χ1) is 9.63. The van der Waals surface area contributed by atoms with Gasteiger partial charge < -0.3 is 5.32 Å². The van der Waals surface area contributed by atoms with Gasteiger partial charge in [-0.05, 0) is 41.5 Å². The van der Waals surface area contributed by atoms with E-state index in [-0.39, 0.29) is 17.5 Å². The van der Waals surface area contributed by atoms with Gasteiger partial charge in [-0.25, -0.2) is 8.78 Å². The van der Waals surface area contributed by atoms with Crippen LogP contribution in [-0.4, -0.2) is 5.91 Å². The maximum atomic E-state index is 12.7. The van der Waals surface area contributed by atoms with Crippen LogP contribution >= 0.6 is 0 Å². The third-order valence-electron chi connectivity index (χ3n) is 2.68. The molecule has 0 bridgehead atoms. The lowest BCUT2D eigenvalue weighted by Gasteiger charge is -2.02. The topological polar surface area (TPSA) is 29.1 Å². The van der Waals surface area contributed by atoms with Gasteiger partial charge in [0, 0.05) is 12.6 Å². The highest BCUT2D eigenvalue weighted by Gasteiger charge is 1.97. The van der Waals surface area contributed by atoms with E-state index in [1.54, 1.807) is 30.3 Å². The molecule has 102 valence electrons. The van der Waals surface area contributed by atoms with E-state index in [1.165, 1.54) is 30.3 Å². The molecule has 0 heterocycles. The molecule has 0 saturated carbocycles. The Labute approximate surface area is 115 Å². The van der Waals surface area contributed by atoms with Crippen LogP contribution in [0.2, 0.25) is 0 Å². The van der Waals surface area contributed by atoms with E-state index in [0.717, 1.165) is 11.1 Å².